The molecule has 1 aromatic heterocycles. The van der Waals surface area contributed by atoms with Gasteiger partial charge in [0.25, 0.3) is 0 Å². The lowest BCUT2D eigenvalue weighted by Gasteiger charge is -2.46. The molecule has 1 N–H and O–H groups in total. The molecule has 2 aromatic rings. The highest BCUT2D eigenvalue weighted by Crippen LogP contribution is 2.28. The minimum Gasteiger partial charge on any atom is -0.350 e. The van der Waals surface area contributed by atoms with Crippen molar-refractivity contribution in [3.05, 3.63) is 58.3 Å². The van der Waals surface area contributed by atoms with Crippen LogP contribution < -0.4 is 5.32 Å². The minimum absolute atomic E-state index is 0.0798. The Morgan fingerprint density at radius 3 is 2.54 bits per heavy atom. The highest BCUT2D eigenvalue weighted by Gasteiger charge is 2.49. The summed E-state index contributed by atoms with van der Waals surface area (Å²) in [5.74, 6) is -0.767. The number of carbonyl (C=O) groups is 2. The van der Waals surface area contributed by atoms with Crippen LogP contribution in [0.3, 0.4) is 0 Å². The Morgan fingerprint density at radius 1 is 1.21 bits per heavy atom. The van der Waals surface area contributed by atoms with Crippen molar-refractivity contribution in [3.63, 3.8) is 0 Å². The van der Waals surface area contributed by atoms with Crippen LogP contribution >= 0.6 is 11.3 Å². The van der Waals surface area contributed by atoms with E-state index in [0.29, 0.717) is 6.54 Å². The van der Waals surface area contributed by atoms with Gasteiger partial charge in [-0.25, -0.2) is 8.42 Å². The van der Waals surface area contributed by atoms with Crippen LogP contribution in [0.2, 0.25) is 0 Å². The number of piperazine rings is 1. The summed E-state index contributed by atoms with van der Waals surface area (Å²) in [6, 6.07) is 13.2. The van der Waals surface area contributed by atoms with E-state index in [0.717, 1.165) is 21.0 Å². The van der Waals surface area contributed by atoms with E-state index in [-0.39, 0.29) is 31.4 Å². The number of hydrogen-bond donors (Lipinski definition) is 1. The van der Waals surface area contributed by atoms with E-state index in [1.165, 1.54) is 16.2 Å². The van der Waals surface area contributed by atoms with Crippen LogP contribution in [0, 0.1) is 0 Å². The lowest BCUT2D eigenvalue weighted by atomic mass is 9.95. The second kappa shape index (κ2) is 8.02. The summed E-state index contributed by atoms with van der Waals surface area (Å²) < 4.78 is 25.2. The maximum Gasteiger partial charge on any atom is 0.247 e. The van der Waals surface area contributed by atoms with Gasteiger partial charge in [-0.1, -0.05) is 36.4 Å². The summed E-state index contributed by atoms with van der Waals surface area (Å²) in [5, 5.41) is 4.76. The molecule has 2 amide bonds. The molecular formula is C19H23N3O4S2. The molecule has 0 spiro atoms. The highest BCUT2D eigenvalue weighted by atomic mass is 32.2. The average Bonchev–Trinajstić information content (AvgIpc) is 3.16. The molecule has 9 heteroatoms. The molecule has 3 rings (SSSR count). The standard InChI is InChI=1S/C19H23N3O4S2/c1-19(18(24)20-11-15-7-4-3-5-8-15)14-21(28(2,25)26)13-17(23)22(19)12-16-9-6-10-27-16/h3-10H,11-14H2,1-2H3,(H,20,24). The van der Waals surface area contributed by atoms with Crippen LogP contribution in [0.5, 0.6) is 0 Å². The zero-order valence-corrected chi connectivity index (χ0v) is 17.4. The van der Waals surface area contributed by atoms with E-state index >= 15 is 0 Å². The monoisotopic (exact) mass is 421 g/mol. The van der Waals surface area contributed by atoms with E-state index in [9.17, 15) is 18.0 Å². The van der Waals surface area contributed by atoms with Crippen LogP contribution in [-0.4, -0.2) is 54.3 Å². The van der Waals surface area contributed by atoms with Crippen molar-refractivity contribution in [2.75, 3.05) is 19.3 Å². The normalized spacial score (nSPS) is 20.9. The van der Waals surface area contributed by atoms with Crippen molar-refractivity contribution in [2.45, 2.75) is 25.6 Å². The third-order valence-electron chi connectivity index (χ3n) is 4.84. The SMILES string of the molecule is CC1(C(=O)NCc2ccccc2)CN(S(C)(=O)=O)CC(=O)N1Cc1cccs1. The lowest BCUT2D eigenvalue weighted by Crippen LogP contribution is -2.69. The van der Waals surface area contributed by atoms with Gasteiger partial charge in [0.05, 0.1) is 19.3 Å². The Bertz CT molecular complexity index is 945. The summed E-state index contributed by atoms with van der Waals surface area (Å²) in [6.07, 6.45) is 1.05. The number of nitrogens with one attached hydrogen (secondary N) is 1. The van der Waals surface area contributed by atoms with Crippen LogP contribution in [-0.2, 0) is 32.7 Å². The minimum atomic E-state index is -3.61. The second-order valence-electron chi connectivity index (χ2n) is 7.03. The van der Waals surface area contributed by atoms with Crippen LogP contribution in [0.15, 0.2) is 47.8 Å². The first kappa shape index (κ1) is 20.5. The number of hydrogen-bond acceptors (Lipinski definition) is 5. The van der Waals surface area contributed by atoms with E-state index in [1.54, 1.807) is 6.92 Å². The molecule has 2 heterocycles. The van der Waals surface area contributed by atoms with Crippen molar-refractivity contribution >= 4 is 33.2 Å². The van der Waals surface area contributed by atoms with E-state index in [1.807, 2.05) is 47.8 Å². The summed E-state index contributed by atoms with van der Waals surface area (Å²) in [5.41, 5.74) is -0.386. The molecule has 28 heavy (non-hydrogen) atoms. The number of amides is 2. The molecule has 150 valence electrons. The maximum absolute atomic E-state index is 13.1. The Labute approximate surface area is 169 Å². The van der Waals surface area contributed by atoms with Gasteiger partial charge in [0, 0.05) is 18.0 Å². The van der Waals surface area contributed by atoms with Crippen LogP contribution in [0.25, 0.3) is 0 Å². The molecule has 1 fully saturated rings. The van der Waals surface area contributed by atoms with Gasteiger partial charge in [0.15, 0.2) is 0 Å². The third kappa shape index (κ3) is 4.43. The largest absolute Gasteiger partial charge is 0.350 e. The molecule has 0 radical (unpaired) electrons. The van der Waals surface area contributed by atoms with Crippen molar-refractivity contribution in [1.82, 2.24) is 14.5 Å². The number of benzene rings is 1. The van der Waals surface area contributed by atoms with E-state index in [2.05, 4.69) is 5.32 Å². The van der Waals surface area contributed by atoms with E-state index in [4.69, 9.17) is 0 Å². The molecule has 0 saturated carbocycles. The van der Waals surface area contributed by atoms with E-state index < -0.39 is 15.6 Å². The third-order valence-corrected chi connectivity index (χ3v) is 6.90. The number of thiophene rings is 1. The maximum atomic E-state index is 13.1. The van der Waals surface area contributed by atoms with Crippen molar-refractivity contribution in [1.29, 1.82) is 0 Å². The first-order valence-electron chi connectivity index (χ1n) is 8.80. The molecule has 1 aliphatic heterocycles. The predicted octanol–water partition coefficient (Wildman–Crippen LogP) is 1.43. The molecule has 0 aliphatic carbocycles. The van der Waals surface area contributed by atoms with Gasteiger partial charge in [0.1, 0.15) is 5.54 Å². The predicted molar refractivity (Wildman–Crippen MR) is 108 cm³/mol. The number of nitrogens with zero attached hydrogens (tertiary/aromatic N) is 2. The fourth-order valence-corrected chi connectivity index (χ4v) is 4.74. The van der Waals surface area contributed by atoms with Gasteiger partial charge >= 0.3 is 0 Å². The number of carbonyl (C=O) groups excluding carboxylic acids is 2. The summed E-state index contributed by atoms with van der Waals surface area (Å²) >= 11 is 1.49. The Hall–Kier alpha value is -2.23. The first-order valence-corrected chi connectivity index (χ1v) is 11.5. The van der Waals surface area contributed by atoms with Gasteiger partial charge in [-0.05, 0) is 23.9 Å². The Balaban J connectivity index is 1.86. The van der Waals surface area contributed by atoms with Gasteiger partial charge in [-0.15, -0.1) is 11.3 Å². The van der Waals surface area contributed by atoms with Crippen LogP contribution in [0.1, 0.15) is 17.4 Å². The zero-order valence-electron chi connectivity index (χ0n) is 15.8. The van der Waals surface area contributed by atoms with Crippen molar-refractivity contribution in [2.24, 2.45) is 0 Å². The molecule has 1 aliphatic rings. The first-order chi connectivity index (χ1) is 13.2. The van der Waals surface area contributed by atoms with Crippen molar-refractivity contribution < 1.29 is 18.0 Å². The summed E-state index contributed by atoms with van der Waals surface area (Å²) in [7, 11) is -3.61. The fourth-order valence-electron chi connectivity index (χ4n) is 3.21. The molecule has 0 bridgehead atoms. The summed E-state index contributed by atoms with van der Waals surface area (Å²) in [4.78, 5) is 28.4. The smallest absolute Gasteiger partial charge is 0.247 e. The zero-order chi connectivity index (χ0) is 20.4. The van der Waals surface area contributed by atoms with Gasteiger partial charge in [-0.2, -0.15) is 4.31 Å². The molecular weight excluding hydrogens is 398 g/mol. The van der Waals surface area contributed by atoms with Gasteiger partial charge < -0.3 is 10.2 Å². The average molecular weight is 422 g/mol. The van der Waals surface area contributed by atoms with Crippen LogP contribution in [0.4, 0.5) is 0 Å². The Kier molecular flexibility index (Phi) is 5.87. The number of sulfonamides is 1. The molecule has 7 nitrogen and oxygen atoms in total. The molecule has 1 saturated heterocycles. The number of rotatable bonds is 6. The fraction of sp³-hybridized carbons (Fsp3) is 0.368. The molecule has 1 aromatic carbocycles. The van der Waals surface area contributed by atoms with Crippen molar-refractivity contribution in [3.8, 4) is 0 Å². The topological polar surface area (TPSA) is 86.8 Å². The summed E-state index contributed by atoms with van der Waals surface area (Å²) in [6.45, 7) is 1.85. The lowest BCUT2D eigenvalue weighted by molar-refractivity contribution is -0.153. The molecule has 1 atom stereocenters. The quantitative estimate of drug-likeness (QED) is 0.764. The molecule has 1 unspecified atom stereocenters. The highest BCUT2D eigenvalue weighted by molar-refractivity contribution is 7.88. The van der Waals surface area contributed by atoms with Gasteiger partial charge in [-0.3, -0.25) is 9.59 Å². The second-order valence-corrected chi connectivity index (χ2v) is 10.0. The van der Waals surface area contributed by atoms with Gasteiger partial charge in [0.2, 0.25) is 21.8 Å². The Morgan fingerprint density at radius 2 is 1.93 bits per heavy atom.